The Morgan fingerprint density at radius 1 is 1.24 bits per heavy atom. The Hall–Kier alpha value is -2.39. The van der Waals surface area contributed by atoms with E-state index < -0.39 is 5.66 Å². The third-order valence-corrected chi connectivity index (χ3v) is 7.38. The molecule has 2 aromatic rings. The summed E-state index contributed by atoms with van der Waals surface area (Å²) >= 11 is 7.08. The van der Waals surface area contributed by atoms with Crippen LogP contribution < -0.4 is 10.5 Å². The predicted octanol–water partition coefficient (Wildman–Crippen LogP) is 3.83. The quantitative estimate of drug-likeness (QED) is 0.622. The fourth-order valence-corrected chi connectivity index (χ4v) is 5.09. The maximum Gasteiger partial charge on any atom is 0.322 e. The minimum absolute atomic E-state index is 0.0853. The van der Waals surface area contributed by atoms with Crippen LogP contribution in [0.3, 0.4) is 0 Å². The number of benzene rings is 1. The monoisotopic (exact) mass is 517 g/mol. The average molecular weight is 519 g/mol. The summed E-state index contributed by atoms with van der Waals surface area (Å²) in [6, 6.07) is 7.86. The van der Waals surface area contributed by atoms with Crippen LogP contribution in [0.1, 0.15) is 28.0 Å². The van der Waals surface area contributed by atoms with Gasteiger partial charge in [0, 0.05) is 6.54 Å². The number of hydrogen-bond acceptors (Lipinski definition) is 5. The topological polar surface area (TPSA) is 85.2 Å². The van der Waals surface area contributed by atoms with Crippen molar-refractivity contribution in [1.29, 1.82) is 0 Å². The molecule has 1 aromatic carbocycles. The number of ether oxygens (including phenoxy) is 1. The molecular formula is C20H17Br2N5O2. The van der Waals surface area contributed by atoms with Crippen molar-refractivity contribution in [3.05, 3.63) is 61.9 Å². The molecule has 0 radical (unpaired) electrons. The Bertz CT molecular complexity index is 1160. The van der Waals surface area contributed by atoms with Crippen LogP contribution in [0.25, 0.3) is 0 Å². The van der Waals surface area contributed by atoms with Gasteiger partial charge >= 0.3 is 6.02 Å². The van der Waals surface area contributed by atoms with Crippen molar-refractivity contribution in [3.63, 3.8) is 0 Å². The molecule has 5 rings (SSSR count). The van der Waals surface area contributed by atoms with Crippen molar-refractivity contribution in [3.8, 4) is 5.75 Å². The molecule has 1 spiro atoms. The summed E-state index contributed by atoms with van der Waals surface area (Å²) in [7, 11) is 0. The number of nitrogens with zero attached hydrogens (tertiary/aromatic N) is 4. The Labute approximate surface area is 184 Å². The number of aromatic nitrogens is 1. The summed E-state index contributed by atoms with van der Waals surface area (Å²) in [6.45, 7) is 4.53. The number of aliphatic imine (C=N–C) groups is 2. The largest absolute Gasteiger partial charge is 0.424 e. The Morgan fingerprint density at radius 3 is 2.69 bits per heavy atom. The minimum atomic E-state index is -1.16. The molecule has 3 aliphatic rings. The van der Waals surface area contributed by atoms with E-state index in [-0.39, 0.29) is 17.8 Å². The molecule has 0 fully saturated rings. The third kappa shape index (κ3) is 2.43. The van der Waals surface area contributed by atoms with E-state index in [0.717, 1.165) is 22.0 Å². The molecule has 2 N–H and O–H groups in total. The number of aryl methyl sites for hydroxylation is 2. The maximum atomic E-state index is 13.0. The molecular weight excluding hydrogens is 502 g/mol. The first-order valence-corrected chi connectivity index (χ1v) is 10.7. The van der Waals surface area contributed by atoms with E-state index in [9.17, 15) is 4.79 Å². The van der Waals surface area contributed by atoms with E-state index >= 15 is 0 Å². The molecule has 7 nitrogen and oxygen atoms in total. The van der Waals surface area contributed by atoms with E-state index in [1.807, 2.05) is 38.1 Å². The van der Waals surface area contributed by atoms with Crippen LogP contribution in [0.4, 0.5) is 0 Å². The van der Waals surface area contributed by atoms with Gasteiger partial charge in [0.1, 0.15) is 16.0 Å². The van der Waals surface area contributed by atoms with Crippen LogP contribution in [-0.4, -0.2) is 33.8 Å². The molecule has 148 valence electrons. The van der Waals surface area contributed by atoms with Crippen molar-refractivity contribution >= 4 is 49.6 Å². The molecule has 1 aromatic heterocycles. The fraction of sp³-hybridized carbons (Fsp3) is 0.250. The highest BCUT2D eigenvalue weighted by Gasteiger charge is 2.55. The molecule has 0 bridgehead atoms. The van der Waals surface area contributed by atoms with Gasteiger partial charge < -0.3 is 15.4 Å². The van der Waals surface area contributed by atoms with Gasteiger partial charge in [-0.2, -0.15) is 9.98 Å². The molecule has 1 unspecified atom stereocenters. The third-order valence-electron chi connectivity index (χ3n) is 5.46. The number of fused-ring (bicyclic) bond motifs is 4. The SMILES string of the molecule is Cc1cccc(C)c1OC1=NC2(C3=CCCN3C(=O)c3cc(Br)c(Br)n32)C(N)=N1. The van der Waals surface area contributed by atoms with Gasteiger partial charge in [-0.1, -0.05) is 24.3 Å². The summed E-state index contributed by atoms with van der Waals surface area (Å²) in [5, 5.41) is 0. The summed E-state index contributed by atoms with van der Waals surface area (Å²) in [6.07, 6.45) is 2.73. The number of carbonyl (C=O) groups is 1. The number of halogens is 2. The Balaban J connectivity index is 1.71. The zero-order valence-corrected chi connectivity index (χ0v) is 18.9. The van der Waals surface area contributed by atoms with E-state index in [4.69, 9.17) is 15.5 Å². The van der Waals surface area contributed by atoms with Crippen LogP contribution in [0.5, 0.6) is 5.75 Å². The van der Waals surface area contributed by atoms with E-state index in [2.05, 4.69) is 36.9 Å². The number of rotatable bonds is 1. The van der Waals surface area contributed by atoms with Crippen LogP contribution in [0, 0.1) is 13.8 Å². The van der Waals surface area contributed by atoms with Gasteiger partial charge in [-0.05, 0) is 69.3 Å². The van der Waals surface area contributed by atoms with Crippen LogP contribution in [-0.2, 0) is 5.66 Å². The van der Waals surface area contributed by atoms with Gasteiger partial charge in [-0.3, -0.25) is 9.36 Å². The van der Waals surface area contributed by atoms with Crippen molar-refractivity contribution < 1.29 is 9.53 Å². The molecule has 4 heterocycles. The molecule has 1 atom stereocenters. The van der Waals surface area contributed by atoms with Gasteiger partial charge in [0.2, 0.25) is 5.66 Å². The summed E-state index contributed by atoms with van der Waals surface area (Å²) < 4.78 is 9.28. The normalized spacial score (nSPS) is 22.4. The van der Waals surface area contributed by atoms with Gasteiger partial charge in [-0.25, -0.2) is 0 Å². The lowest BCUT2D eigenvalue weighted by Gasteiger charge is -2.40. The molecule has 0 saturated carbocycles. The zero-order valence-electron chi connectivity index (χ0n) is 15.7. The maximum absolute atomic E-state index is 13.0. The number of para-hydroxylation sites is 1. The van der Waals surface area contributed by atoms with E-state index in [1.54, 1.807) is 15.5 Å². The summed E-state index contributed by atoms with van der Waals surface area (Å²) in [5.41, 5.74) is 8.48. The van der Waals surface area contributed by atoms with Crippen molar-refractivity contribution in [2.24, 2.45) is 15.7 Å². The molecule has 0 saturated heterocycles. The van der Waals surface area contributed by atoms with Crippen molar-refractivity contribution in [1.82, 2.24) is 9.47 Å². The number of amidine groups is 2. The van der Waals surface area contributed by atoms with Gasteiger partial charge in [0.15, 0.2) is 5.84 Å². The van der Waals surface area contributed by atoms with Crippen molar-refractivity contribution in [2.75, 3.05) is 6.54 Å². The Kier molecular flexibility index (Phi) is 4.05. The molecule has 1 amide bonds. The lowest BCUT2D eigenvalue weighted by molar-refractivity contribution is 0.0747. The van der Waals surface area contributed by atoms with Gasteiger partial charge in [0.25, 0.3) is 5.91 Å². The molecule has 9 heteroatoms. The van der Waals surface area contributed by atoms with Crippen LogP contribution >= 0.6 is 31.9 Å². The minimum Gasteiger partial charge on any atom is -0.424 e. The van der Waals surface area contributed by atoms with Crippen molar-refractivity contribution in [2.45, 2.75) is 25.9 Å². The first kappa shape index (κ1) is 18.6. The van der Waals surface area contributed by atoms with E-state index in [0.29, 0.717) is 28.3 Å². The second kappa shape index (κ2) is 6.30. The highest BCUT2D eigenvalue weighted by Crippen LogP contribution is 2.47. The fourth-order valence-electron chi connectivity index (χ4n) is 4.14. The van der Waals surface area contributed by atoms with Crippen LogP contribution in [0.2, 0.25) is 0 Å². The number of carbonyl (C=O) groups excluding carboxylic acids is 1. The molecule has 0 aliphatic carbocycles. The zero-order chi connectivity index (χ0) is 20.5. The van der Waals surface area contributed by atoms with Gasteiger partial charge in [-0.15, -0.1) is 0 Å². The molecule has 29 heavy (non-hydrogen) atoms. The lowest BCUT2D eigenvalue weighted by Crippen LogP contribution is -2.55. The molecule has 3 aliphatic heterocycles. The first-order chi connectivity index (χ1) is 13.8. The second-order valence-corrected chi connectivity index (χ2v) is 8.83. The Morgan fingerprint density at radius 2 is 1.97 bits per heavy atom. The summed E-state index contributed by atoms with van der Waals surface area (Å²) in [4.78, 5) is 24.1. The highest BCUT2D eigenvalue weighted by molar-refractivity contribution is 9.13. The van der Waals surface area contributed by atoms with E-state index in [1.165, 1.54) is 0 Å². The average Bonchev–Trinajstić information content (AvgIpc) is 3.36. The smallest absolute Gasteiger partial charge is 0.322 e. The second-order valence-electron chi connectivity index (χ2n) is 7.23. The lowest BCUT2D eigenvalue weighted by atomic mass is 10.0. The first-order valence-electron chi connectivity index (χ1n) is 9.13. The summed E-state index contributed by atoms with van der Waals surface area (Å²) in [5.74, 6) is 0.879. The number of hydrogen-bond donors (Lipinski definition) is 1. The number of amides is 1. The van der Waals surface area contributed by atoms with Crippen LogP contribution in [0.15, 0.2) is 55.1 Å². The number of nitrogens with two attached hydrogens (primary N) is 1. The highest BCUT2D eigenvalue weighted by atomic mass is 79.9. The standard InChI is InChI=1S/C20H17Br2N5O2/c1-10-5-3-6-11(2)15(10)29-19-24-18(23)20(25-19)14-7-4-8-26(14)17(28)13-9-12(21)16(22)27(13)20/h3,5-7,9H,4,8H2,1-2H3,(H2,23,24,25). The van der Waals surface area contributed by atoms with Gasteiger partial charge in [0.05, 0.1) is 10.2 Å². The predicted molar refractivity (Wildman–Crippen MR) is 117 cm³/mol.